The Balaban J connectivity index is 1.75. The second-order valence-corrected chi connectivity index (χ2v) is 8.14. The number of carbonyl (C=O) groups excluding carboxylic acids is 2. The number of nitrogens with zero attached hydrogens (tertiary/aromatic N) is 1. The zero-order valence-electron chi connectivity index (χ0n) is 14.1. The van der Waals surface area contributed by atoms with Gasteiger partial charge in [-0.25, -0.2) is 0 Å². The van der Waals surface area contributed by atoms with E-state index < -0.39 is 4.87 Å². The zero-order chi connectivity index (χ0) is 17.9. The molecule has 0 bridgehead atoms. The molecule has 2 atom stereocenters. The van der Waals surface area contributed by atoms with Gasteiger partial charge in [-0.1, -0.05) is 48.5 Å². The molecule has 1 N–H and O–H groups in total. The highest BCUT2D eigenvalue weighted by Crippen LogP contribution is 2.56. The van der Waals surface area contributed by atoms with E-state index >= 15 is 0 Å². The van der Waals surface area contributed by atoms with Crippen LogP contribution >= 0.6 is 11.8 Å². The fraction of sp³-hybridized carbons (Fsp3) is 0.143. The molecule has 26 heavy (non-hydrogen) atoms. The average molecular weight is 360 g/mol. The van der Waals surface area contributed by atoms with Crippen LogP contribution in [0, 0.1) is 0 Å². The lowest BCUT2D eigenvalue weighted by atomic mass is 10.0. The fourth-order valence-corrected chi connectivity index (χ4v) is 5.36. The minimum absolute atomic E-state index is 0.0443. The molecule has 0 aromatic heterocycles. The Morgan fingerprint density at radius 3 is 2.54 bits per heavy atom. The maximum absolute atomic E-state index is 13.1. The molecule has 5 heteroatoms. The Morgan fingerprint density at radius 2 is 1.69 bits per heavy atom. The summed E-state index contributed by atoms with van der Waals surface area (Å²) in [6, 6.07) is 21.5. The van der Waals surface area contributed by atoms with Crippen molar-refractivity contribution in [2.24, 2.45) is 0 Å². The lowest BCUT2D eigenvalue weighted by Gasteiger charge is -2.32. The lowest BCUT2D eigenvalue weighted by molar-refractivity contribution is -0.122. The molecule has 3 aromatic rings. The Kier molecular flexibility index (Phi) is 3.18. The van der Waals surface area contributed by atoms with Gasteiger partial charge in [0.2, 0.25) is 10.8 Å². The predicted octanol–water partition coefficient (Wildman–Crippen LogP) is 4.11. The molecule has 128 valence electrons. The van der Waals surface area contributed by atoms with Crippen molar-refractivity contribution in [2.75, 3.05) is 10.2 Å². The standard InChI is InChI=1S/C21H16N2O2S/c1-13-19(24)23(16-11-10-14-6-2-3-7-15(14)12-16)21(26-13)17-8-4-5-9-18(17)22-20(21)25/h2-13H,1H3,(H,22,25)/t13-,21-/m1/s1. The number of thioether (sulfide) groups is 1. The summed E-state index contributed by atoms with van der Waals surface area (Å²) >= 11 is 1.41. The van der Waals surface area contributed by atoms with E-state index in [4.69, 9.17) is 0 Å². The van der Waals surface area contributed by atoms with Gasteiger partial charge in [-0.3, -0.25) is 14.5 Å². The van der Waals surface area contributed by atoms with Crippen molar-refractivity contribution in [3.63, 3.8) is 0 Å². The van der Waals surface area contributed by atoms with E-state index in [2.05, 4.69) is 5.32 Å². The van der Waals surface area contributed by atoms with Crippen LogP contribution in [0.4, 0.5) is 11.4 Å². The molecule has 1 fully saturated rings. The van der Waals surface area contributed by atoms with Crippen molar-refractivity contribution in [1.29, 1.82) is 0 Å². The van der Waals surface area contributed by atoms with E-state index in [0.717, 1.165) is 27.7 Å². The van der Waals surface area contributed by atoms with Crippen LogP contribution in [-0.2, 0) is 14.5 Å². The van der Waals surface area contributed by atoms with Crippen molar-refractivity contribution in [3.05, 3.63) is 72.3 Å². The molecule has 0 unspecified atom stereocenters. The van der Waals surface area contributed by atoms with E-state index in [1.165, 1.54) is 11.8 Å². The van der Waals surface area contributed by atoms with Gasteiger partial charge in [-0.2, -0.15) is 0 Å². The minimum Gasteiger partial charge on any atom is -0.323 e. The smallest absolute Gasteiger partial charge is 0.266 e. The number of rotatable bonds is 1. The normalized spacial score (nSPS) is 24.3. The minimum atomic E-state index is -1.05. The highest BCUT2D eigenvalue weighted by Gasteiger charge is 2.60. The Hall–Kier alpha value is -2.79. The number of nitrogens with one attached hydrogen (secondary N) is 1. The topological polar surface area (TPSA) is 49.4 Å². The zero-order valence-corrected chi connectivity index (χ0v) is 14.9. The van der Waals surface area contributed by atoms with Crippen LogP contribution in [0.3, 0.4) is 0 Å². The van der Waals surface area contributed by atoms with Gasteiger partial charge in [0.05, 0.1) is 5.25 Å². The number of hydrogen-bond donors (Lipinski definition) is 1. The van der Waals surface area contributed by atoms with E-state index in [0.29, 0.717) is 0 Å². The summed E-state index contributed by atoms with van der Waals surface area (Å²) in [4.78, 5) is 26.8. The van der Waals surface area contributed by atoms with Gasteiger partial charge < -0.3 is 5.32 Å². The molecule has 0 radical (unpaired) electrons. The third-order valence-electron chi connectivity index (χ3n) is 5.07. The van der Waals surface area contributed by atoms with Gasteiger partial charge in [-0.05, 0) is 35.9 Å². The first-order valence-electron chi connectivity index (χ1n) is 8.53. The highest BCUT2D eigenvalue weighted by molar-refractivity contribution is 8.03. The molecule has 4 nitrogen and oxygen atoms in total. The van der Waals surface area contributed by atoms with Gasteiger partial charge in [-0.15, -0.1) is 11.8 Å². The molecule has 2 aliphatic rings. The summed E-state index contributed by atoms with van der Waals surface area (Å²) < 4.78 is 0. The summed E-state index contributed by atoms with van der Waals surface area (Å²) in [5.74, 6) is -0.202. The van der Waals surface area contributed by atoms with Crippen LogP contribution in [0.2, 0.25) is 0 Å². The van der Waals surface area contributed by atoms with Crippen LogP contribution in [0.5, 0.6) is 0 Å². The van der Waals surface area contributed by atoms with E-state index in [1.54, 1.807) is 4.90 Å². The van der Waals surface area contributed by atoms with Gasteiger partial charge in [0, 0.05) is 16.9 Å². The molecule has 5 rings (SSSR count). The number of benzene rings is 3. The van der Waals surface area contributed by atoms with E-state index in [9.17, 15) is 9.59 Å². The summed E-state index contributed by atoms with van der Waals surface area (Å²) in [5, 5.41) is 4.81. The number of hydrogen-bond acceptors (Lipinski definition) is 3. The number of anilines is 2. The maximum Gasteiger partial charge on any atom is 0.266 e. The van der Waals surface area contributed by atoms with E-state index in [1.807, 2.05) is 73.7 Å². The van der Waals surface area contributed by atoms with E-state index in [-0.39, 0.29) is 17.1 Å². The Labute approximate surface area is 155 Å². The first-order chi connectivity index (χ1) is 12.6. The second kappa shape index (κ2) is 5.35. The van der Waals surface area contributed by atoms with Crippen LogP contribution in [0.1, 0.15) is 12.5 Å². The quantitative estimate of drug-likeness (QED) is 0.710. The number of para-hydroxylation sites is 1. The van der Waals surface area contributed by atoms with Gasteiger partial charge in [0.1, 0.15) is 0 Å². The van der Waals surface area contributed by atoms with Crippen molar-refractivity contribution in [2.45, 2.75) is 17.0 Å². The summed E-state index contributed by atoms with van der Waals surface area (Å²) in [6.07, 6.45) is 0. The second-order valence-electron chi connectivity index (χ2n) is 6.61. The predicted molar refractivity (Wildman–Crippen MR) is 105 cm³/mol. The first kappa shape index (κ1) is 15.5. The van der Waals surface area contributed by atoms with Crippen molar-refractivity contribution >= 4 is 45.7 Å². The first-order valence-corrected chi connectivity index (χ1v) is 9.41. The summed E-state index contributed by atoms with van der Waals surface area (Å²) in [7, 11) is 0. The third-order valence-corrected chi connectivity index (χ3v) is 6.55. The summed E-state index contributed by atoms with van der Waals surface area (Å²) in [5.41, 5.74) is 2.37. The van der Waals surface area contributed by atoms with Gasteiger partial charge in [0.25, 0.3) is 5.91 Å². The molecular weight excluding hydrogens is 344 g/mol. The van der Waals surface area contributed by atoms with Gasteiger partial charge >= 0.3 is 0 Å². The molecule has 2 aliphatic heterocycles. The van der Waals surface area contributed by atoms with Crippen LogP contribution in [-0.4, -0.2) is 17.1 Å². The SMILES string of the molecule is C[C@H]1S[C@]2(C(=O)Nc3ccccc32)N(c2ccc3ccccc3c2)C1=O. The third kappa shape index (κ3) is 1.92. The van der Waals surface area contributed by atoms with Crippen molar-refractivity contribution in [3.8, 4) is 0 Å². The molecule has 2 amide bonds. The molecule has 0 saturated carbocycles. The van der Waals surface area contributed by atoms with Gasteiger partial charge in [0.15, 0.2) is 0 Å². The van der Waals surface area contributed by atoms with Crippen molar-refractivity contribution < 1.29 is 9.59 Å². The Bertz CT molecular complexity index is 1080. The maximum atomic E-state index is 13.1. The fourth-order valence-electron chi connectivity index (χ4n) is 3.88. The largest absolute Gasteiger partial charge is 0.323 e. The lowest BCUT2D eigenvalue weighted by Crippen LogP contribution is -2.47. The molecular formula is C21H16N2O2S. The number of carbonyl (C=O) groups is 2. The highest BCUT2D eigenvalue weighted by atomic mass is 32.2. The Morgan fingerprint density at radius 1 is 0.962 bits per heavy atom. The molecule has 1 spiro atoms. The van der Waals surface area contributed by atoms with Crippen LogP contribution in [0.15, 0.2) is 66.7 Å². The number of fused-ring (bicyclic) bond motifs is 3. The molecule has 1 saturated heterocycles. The molecule has 2 heterocycles. The number of amides is 2. The molecule has 0 aliphatic carbocycles. The summed E-state index contributed by atoms with van der Waals surface area (Å²) in [6.45, 7) is 1.87. The van der Waals surface area contributed by atoms with Crippen LogP contribution in [0.25, 0.3) is 10.8 Å². The van der Waals surface area contributed by atoms with Crippen molar-refractivity contribution in [1.82, 2.24) is 0 Å². The monoisotopic (exact) mass is 360 g/mol. The van der Waals surface area contributed by atoms with Crippen LogP contribution < -0.4 is 10.2 Å². The molecule has 3 aromatic carbocycles. The average Bonchev–Trinajstić information content (AvgIpc) is 3.09.